The zero-order valence-corrected chi connectivity index (χ0v) is 17.4. The van der Waals surface area contributed by atoms with Crippen LogP contribution in [0.4, 0.5) is 17.6 Å². The molecule has 2 aromatic carbocycles. The number of hydrogen-bond acceptors (Lipinski definition) is 5. The number of sulfonamides is 1. The van der Waals surface area contributed by atoms with Gasteiger partial charge in [-0.1, -0.05) is 12.1 Å². The number of rotatable bonds is 7. The monoisotopic (exact) mass is 464 g/mol. The largest absolute Gasteiger partial charge is 0.446 e. The third-order valence-corrected chi connectivity index (χ3v) is 6.75. The number of ether oxygens (including phenoxy) is 1. The Balaban J connectivity index is 1.74. The van der Waals surface area contributed by atoms with Gasteiger partial charge in [0.1, 0.15) is 5.82 Å². The van der Waals surface area contributed by atoms with E-state index < -0.39 is 21.3 Å². The fraction of sp³-hybridized carbons (Fsp3) is 0.368. The second-order valence-corrected chi connectivity index (χ2v) is 9.49. The molecule has 2 aromatic rings. The van der Waals surface area contributed by atoms with Crippen molar-refractivity contribution < 1.29 is 30.7 Å². The maximum atomic E-state index is 13.3. The number of halogens is 4. The smallest absolute Gasteiger partial charge is 0.379 e. The average Bonchev–Trinajstić information content (AvgIpc) is 2.69. The Bertz CT molecular complexity index is 930. The molecule has 1 unspecified atom stereocenters. The quantitative estimate of drug-likeness (QED) is 0.499. The highest BCUT2D eigenvalue weighted by Gasteiger charge is 2.29. The van der Waals surface area contributed by atoms with Gasteiger partial charge in [0.05, 0.1) is 18.1 Å². The molecule has 1 aliphatic heterocycles. The Morgan fingerprint density at radius 2 is 1.63 bits per heavy atom. The van der Waals surface area contributed by atoms with Gasteiger partial charge in [-0.2, -0.15) is 13.2 Å². The van der Waals surface area contributed by atoms with Crippen molar-refractivity contribution in [2.45, 2.75) is 21.3 Å². The van der Waals surface area contributed by atoms with Gasteiger partial charge in [0, 0.05) is 30.6 Å². The second kappa shape index (κ2) is 9.65. The summed E-state index contributed by atoms with van der Waals surface area (Å²) in [5, 5.41) is 0. The first-order valence-electron chi connectivity index (χ1n) is 9.07. The normalized spacial score (nSPS) is 17.1. The van der Waals surface area contributed by atoms with Gasteiger partial charge in [0.15, 0.2) is 0 Å². The van der Waals surface area contributed by atoms with E-state index in [2.05, 4.69) is 4.72 Å². The molecule has 0 amide bonds. The van der Waals surface area contributed by atoms with Crippen LogP contribution in [0.3, 0.4) is 0 Å². The summed E-state index contributed by atoms with van der Waals surface area (Å²) in [6, 6.07) is 10.0. The van der Waals surface area contributed by atoms with Crippen molar-refractivity contribution in [1.29, 1.82) is 0 Å². The average molecular weight is 465 g/mol. The van der Waals surface area contributed by atoms with Crippen LogP contribution in [-0.4, -0.2) is 51.7 Å². The van der Waals surface area contributed by atoms with E-state index in [9.17, 15) is 26.0 Å². The van der Waals surface area contributed by atoms with E-state index in [1.54, 1.807) is 12.1 Å². The topological polar surface area (TPSA) is 58.6 Å². The van der Waals surface area contributed by atoms with Gasteiger partial charge < -0.3 is 4.74 Å². The molecular formula is C19H20F4N2O3S2. The van der Waals surface area contributed by atoms with Gasteiger partial charge in [-0.25, -0.2) is 17.5 Å². The minimum absolute atomic E-state index is 0.0209. The van der Waals surface area contributed by atoms with Crippen LogP contribution in [0.1, 0.15) is 11.6 Å². The molecule has 5 nitrogen and oxygen atoms in total. The predicted octanol–water partition coefficient (Wildman–Crippen LogP) is 3.79. The van der Waals surface area contributed by atoms with Crippen LogP contribution in [-0.2, 0) is 14.8 Å². The fourth-order valence-electron chi connectivity index (χ4n) is 3.12. The minimum atomic E-state index is -4.45. The Labute approximate surface area is 176 Å². The molecule has 164 valence electrons. The molecule has 1 saturated heterocycles. The van der Waals surface area contributed by atoms with Crippen molar-refractivity contribution in [3.63, 3.8) is 0 Å². The lowest BCUT2D eigenvalue weighted by Gasteiger charge is -2.34. The second-order valence-electron chi connectivity index (χ2n) is 6.59. The Hall–Kier alpha value is -1.66. The van der Waals surface area contributed by atoms with Gasteiger partial charge in [-0.05, 0) is 53.7 Å². The number of nitrogens with one attached hydrogen (secondary N) is 1. The van der Waals surface area contributed by atoms with Crippen LogP contribution in [0.25, 0.3) is 0 Å². The summed E-state index contributed by atoms with van der Waals surface area (Å²) in [6.45, 7) is 2.21. The van der Waals surface area contributed by atoms with Crippen molar-refractivity contribution in [1.82, 2.24) is 9.62 Å². The van der Waals surface area contributed by atoms with Crippen molar-refractivity contribution in [3.8, 4) is 0 Å². The summed E-state index contributed by atoms with van der Waals surface area (Å²) in [6.07, 6.45) is 0. The molecule has 0 spiro atoms. The lowest BCUT2D eigenvalue weighted by atomic mass is 10.0. The Morgan fingerprint density at radius 3 is 2.20 bits per heavy atom. The van der Waals surface area contributed by atoms with Crippen LogP contribution in [0, 0.1) is 5.82 Å². The summed E-state index contributed by atoms with van der Waals surface area (Å²) < 4.78 is 83.8. The third kappa shape index (κ3) is 6.42. The van der Waals surface area contributed by atoms with Crippen LogP contribution in [0.15, 0.2) is 58.3 Å². The molecule has 1 fully saturated rings. The van der Waals surface area contributed by atoms with Gasteiger partial charge in [0.25, 0.3) is 0 Å². The fourth-order valence-corrected chi connectivity index (χ4v) is 4.70. The summed E-state index contributed by atoms with van der Waals surface area (Å²) in [5.41, 5.74) is -3.70. The van der Waals surface area contributed by atoms with Crippen molar-refractivity contribution >= 4 is 21.8 Å². The predicted molar refractivity (Wildman–Crippen MR) is 105 cm³/mol. The van der Waals surface area contributed by atoms with Crippen molar-refractivity contribution in [2.24, 2.45) is 0 Å². The number of benzene rings is 2. The molecule has 3 rings (SSSR count). The van der Waals surface area contributed by atoms with Gasteiger partial charge in [0.2, 0.25) is 10.0 Å². The molecule has 0 saturated carbocycles. The molecule has 1 aliphatic rings. The van der Waals surface area contributed by atoms with Gasteiger partial charge in [-0.15, -0.1) is 0 Å². The number of alkyl halides is 3. The van der Waals surface area contributed by atoms with E-state index in [1.165, 1.54) is 12.1 Å². The maximum Gasteiger partial charge on any atom is 0.446 e. The van der Waals surface area contributed by atoms with E-state index in [4.69, 9.17) is 4.74 Å². The van der Waals surface area contributed by atoms with E-state index >= 15 is 0 Å². The van der Waals surface area contributed by atoms with E-state index in [1.807, 2.05) is 4.90 Å². The molecule has 0 aromatic heterocycles. The standard InChI is InChI=1S/C19H20F4N2O3S2/c20-15-3-1-14(2-4-15)18(25-9-11-28-12-10-25)13-24-30(26,27)17-7-5-16(6-8-17)29-19(21,22)23/h1-8,18,24H,9-13H2. The van der Waals surface area contributed by atoms with Gasteiger partial charge >= 0.3 is 5.51 Å². The number of hydrogen-bond donors (Lipinski definition) is 1. The first-order valence-corrected chi connectivity index (χ1v) is 11.4. The Kier molecular flexibility index (Phi) is 7.40. The molecule has 30 heavy (non-hydrogen) atoms. The summed E-state index contributed by atoms with van der Waals surface area (Å²) in [7, 11) is -3.94. The van der Waals surface area contributed by atoms with Crippen LogP contribution in [0.2, 0.25) is 0 Å². The van der Waals surface area contributed by atoms with Crippen LogP contribution in [0.5, 0.6) is 0 Å². The first-order chi connectivity index (χ1) is 14.1. The highest BCUT2D eigenvalue weighted by Crippen LogP contribution is 2.37. The molecule has 1 atom stereocenters. The number of morpholine rings is 1. The Morgan fingerprint density at radius 1 is 1.03 bits per heavy atom. The third-order valence-electron chi connectivity index (χ3n) is 4.58. The molecule has 11 heteroatoms. The molecular weight excluding hydrogens is 444 g/mol. The van der Waals surface area contributed by atoms with Crippen molar-refractivity contribution in [2.75, 3.05) is 32.8 Å². The molecule has 0 aliphatic carbocycles. The first kappa shape index (κ1) is 23.0. The van der Waals surface area contributed by atoms with Crippen molar-refractivity contribution in [3.05, 3.63) is 59.9 Å². The number of nitrogens with zero attached hydrogens (tertiary/aromatic N) is 1. The lowest BCUT2D eigenvalue weighted by molar-refractivity contribution is -0.0328. The van der Waals surface area contributed by atoms with E-state index in [0.29, 0.717) is 26.3 Å². The summed E-state index contributed by atoms with van der Waals surface area (Å²) >= 11 is -0.309. The van der Waals surface area contributed by atoms with E-state index in [-0.39, 0.29) is 34.1 Å². The van der Waals surface area contributed by atoms with E-state index in [0.717, 1.165) is 29.8 Å². The lowest BCUT2D eigenvalue weighted by Crippen LogP contribution is -2.43. The molecule has 0 radical (unpaired) electrons. The summed E-state index contributed by atoms with van der Waals surface area (Å²) in [5.74, 6) is -0.392. The molecule has 1 N–H and O–H groups in total. The highest BCUT2D eigenvalue weighted by atomic mass is 32.2. The zero-order chi connectivity index (χ0) is 21.8. The zero-order valence-electron chi connectivity index (χ0n) is 15.7. The van der Waals surface area contributed by atoms with Crippen LogP contribution >= 0.6 is 11.8 Å². The molecule has 1 heterocycles. The molecule has 0 bridgehead atoms. The van der Waals surface area contributed by atoms with Crippen LogP contribution < -0.4 is 4.72 Å². The maximum absolute atomic E-state index is 13.3. The SMILES string of the molecule is O=S(=O)(NCC(c1ccc(F)cc1)N1CCOCC1)c1ccc(SC(F)(F)F)cc1. The highest BCUT2D eigenvalue weighted by molar-refractivity contribution is 8.00. The summed E-state index contributed by atoms with van der Waals surface area (Å²) in [4.78, 5) is 1.82. The van der Waals surface area contributed by atoms with Gasteiger partial charge in [-0.3, -0.25) is 4.90 Å². The number of thioether (sulfide) groups is 1. The minimum Gasteiger partial charge on any atom is -0.379 e.